The molecule has 0 saturated carbocycles. The summed E-state index contributed by atoms with van der Waals surface area (Å²) in [5.41, 5.74) is 0.922. The minimum Gasteiger partial charge on any atom is -0.463 e. The minimum atomic E-state index is -0.394. The Morgan fingerprint density at radius 2 is 2.47 bits per heavy atom. The van der Waals surface area contributed by atoms with Crippen molar-refractivity contribution in [2.75, 3.05) is 26.7 Å². The van der Waals surface area contributed by atoms with Gasteiger partial charge in [0.05, 0.1) is 13.4 Å². The molecular formula is C14H20N2O3. The number of hydrogen-bond acceptors (Lipinski definition) is 5. The van der Waals surface area contributed by atoms with E-state index in [1.54, 1.807) is 6.26 Å². The van der Waals surface area contributed by atoms with Crippen molar-refractivity contribution in [3.05, 3.63) is 23.7 Å². The van der Waals surface area contributed by atoms with Crippen molar-refractivity contribution in [3.63, 3.8) is 0 Å². The van der Waals surface area contributed by atoms with E-state index in [9.17, 15) is 4.79 Å². The summed E-state index contributed by atoms with van der Waals surface area (Å²) in [5, 5.41) is 3.58. The number of furan rings is 1. The summed E-state index contributed by atoms with van der Waals surface area (Å²) >= 11 is 0. The molecule has 3 rings (SSSR count). The third kappa shape index (κ3) is 2.53. The number of hydrogen-bond donors (Lipinski definition) is 1. The molecule has 2 aliphatic rings. The number of carbonyl (C=O) groups is 1. The van der Waals surface area contributed by atoms with Gasteiger partial charge in [-0.15, -0.1) is 0 Å². The zero-order chi connectivity index (χ0) is 13.2. The normalized spacial score (nSPS) is 27.2. The molecule has 0 aliphatic carbocycles. The van der Waals surface area contributed by atoms with Crippen LogP contribution in [-0.4, -0.2) is 43.7 Å². The van der Waals surface area contributed by atoms with Crippen LogP contribution in [0.3, 0.4) is 0 Å². The van der Waals surface area contributed by atoms with E-state index in [1.807, 2.05) is 6.07 Å². The van der Waals surface area contributed by atoms with Gasteiger partial charge in [-0.05, 0) is 31.4 Å². The number of methoxy groups -OCH3 is 1. The Bertz CT molecular complexity index is 443. The molecule has 0 unspecified atom stereocenters. The summed E-state index contributed by atoms with van der Waals surface area (Å²) in [5.74, 6) is 0.697. The van der Waals surface area contributed by atoms with Gasteiger partial charge < -0.3 is 14.5 Å². The van der Waals surface area contributed by atoms with Gasteiger partial charge in [-0.2, -0.15) is 0 Å². The van der Waals surface area contributed by atoms with Gasteiger partial charge in [0.15, 0.2) is 0 Å². The Balaban J connectivity index is 1.66. The van der Waals surface area contributed by atoms with Crippen LogP contribution >= 0.6 is 0 Å². The molecule has 2 atom stereocenters. The van der Waals surface area contributed by atoms with Crippen molar-refractivity contribution in [1.82, 2.24) is 10.2 Å². The third-order valence-corrected chi connectivity index (χ3v) is 4.19. The fourth-order valence-electron chi connectivity index (χ4n) is 3.24. The van der Waals surface area contributed by atoms with Crippen molar-refractivity contribution in [2.45, 2.75) is 25.4 Å². The van der Waals surface area contributed by atoms with Crippen LogP contribution in [0.15, 0.2) is 16.7 Å². The lowest BCUT2D eigenvalue weighted by molar-refractivity contribution is 0.0562. The highest BCUT2D eigenvalue weighted by Crippen LogP contribution is 2.26. The maximum absolute atomic E-state index is 11.6. The van der Waals surface area contributed by atoms with Crippen LogP contribution in [0.2, 0.25) is 0 Å². The van der Waals surface area contributed by atoms with Crippen LogP contribution in [0.1, 0.15) is 29.0 Å². The monoisotopic (exact) mass is 264 g/mol. The summed E-state index contributed by atoms with van der Waals surface area (Å²) in [6, 6.07) is 2.48. The summed E-state index contributed by atoms with van der Waals surface area (Å²) in [6.07, 6.45) is 4.14. The van der Waals surface area contributed by atoms with E-state index in [-0.39, 0.29) is 0 Å². The quantitative estimate of drug-likeness (QED) is 0.833. The molecule has 0 spiro atoms. The molecular weight excluding hydrogens is 244 g/mol. The lowest BCUT2D eigenvalue weighted by Gasteiger charge is -2.24. The Morgan fingerprint density at radius 3 is 3.26 bits per heavy atom. The van der Waals surface area contributed by atoms with E-state index in [0.717, 1.165) is 37.7 Å². The number of carbonyl (C=O) groups excluding carboxylic acids is 1. The zero-order valence-corrected chi connectivity index (χ0v) is 11.2. The second-order valence-electron chi connectivity index (χ2n) is 5.42. The molecule has 0 bridgehead atoms. The summed E-state index contributed by atoms with van der Waals surface area (Å²) < 4.78 is 9.96. The van der Waals surface area contributed by atoms with Gasteiger partial charge in [-0.25, -0.2) is 4.79 Å². The average Bonchev–Trinajstić information content (AvgIpc) is 3.04. The van der Waals surface area contributed by atoms with Crippen molar-refractivity contribution in [1.29, 1.82) is 0 Å². The highest BCUT2D eigenvalue weighted by molar-refractivity contribution is 5.87. The van der Waals surface area contributed by atoms with Gasteiger partial charge in [0.2, 0.25) is 5.76 Å². The number of likely N-dealkylation sites (tertiary alicyclic amines) is 1. The third-order valence-electron chi connectivity index (χ3n) is 4.19. The van der Waals surface area contributed by atoms with Gasteiger partial charge in [0, 0.05) is 31.2 Å². The summed E-state index contributed by atoms with van der Waals surface area (Å²) in [4.78, 5) is 14.0. The van der Waals surface area contributed by atoms with Crippen LogP contribution in [-0.2, 0) is 11.3 Å². The second-order valence-corrected chi connectivity index (χ2v) is 5.42. The van der Waals surface area contributed by atoms with E-state index in [1.165, 1.54) is 20.0 Å². The second kappa shape index (κ2) is 5.35. The topological polar surface area (TPSA) is 54.7 Å². The van der Waals surface area contributed by atoms with Gasteiger partial charge in [-0.1, -0.05) is 0 Å². The molecule has 1 N–H and O–H groups in total. The molecule has 2 saturated heterocycles. The van der Waals surface area contributed by atoms with Crippen LogP contribution in [0, 0.1) is 5.92 Å². The number of nitrogens with zero attached hydrogens (tertiary/aromatic N) is 1. The van der Waals surface area contributed by atoms with E-state index in [2.05, 4.69) is 10.2 Å². The van der Waals surface area contributed by atoms with Gasteiger partial charge in [-0.3, -0.25) is 4.90 Å². The number of fused-ring (bicyclic) bond motifs is 1. The predicted octanol–water partition coefficient (Wildman–Crippen LogP) is 1.25. The maximum Gasteiger partial charge on any atom is 0.374 e. The largest absolute Gasteiger partial charge is 0.463 e. The summed E-state index contributed by atoms with van der Waals surface area (Å²) in [7, 11) is 1.38. The standard InChI is InChI=1S/C14H20N2O3/c1-18-14(17)13-11(4-6-19-13)8-16-7-10-3-2-5-15-12(10)9-16/h4,6,10,12,15H,2-3,5,7-9H2,1H3/t10-,12+/m0/s1. The van der Waals surface area contributed by atoms with Crippen LogP contribution < -0.4 is 5.32 Å². The zero-order valence-electron chi connectivity index (χ0n) is 11.2. The lowest BCUT2D eigenvalue weighted by Crippen LogP contribution is -2.40. The van der Waals surface area contributed by atoms with Crippen LogP contribution in [0.5, 0.6) is 0 Å². The first-order chi connectivity index (χ1) is 9.28. The Labute approximate surface area is 112 Å². The SMILES string of the molecule is COC(=O)c1occc1CN1C[C@@H]2CCCN[C@@H]2C1. The van der Waals surface area contributed by atoms with E-state index in [4.69, 9.17) is 9.15 Å². The van der Waals surface area contributed by atoms with Crippen molar-refractivity contribution in [2.24, 2.45) is 5.92 Å². The number of piperidine rings is 1. The molecule has 1 aromatic heterocycles. The maximum atomic E-state index is 11.6. The minimum absolute atomic E-state index is 0.338. The number of esters is 1. The molecule has 0 amide bonds. The molecule has 0 aromatic carbocycles. The van der Waals surface area contributed by atoms with E-state index in [0.29, 0.717) is 11.8 Å². The highest BCUT2D eigenvalue weighted by Gasteiger charge is 2.34. The van der Waals surface area contributed by atoms with Crippen molar-refractivity contribution in [3.8, 4) is 0 Å². The van der Waals surface area contributed by atoms with Gasteiger partial charge in [0.25, 0.3) is 0 Å². The van der Waals surface area contributed by atoms with Gasteiger partial charge >= 0.3 is 5.97 Å². The Kier molecular flexibility index (Phi) is 3.57. The molecule has 19 heavy (non-hydrogen) atoms. The Hall–Kier alpha value is -1.33. The molecule has 5 nitrogen and oxygen atoms in total. The Morgan fingerprint density at radius 1 is 1.58 bits per heavy atom. The number of ether oxygens (including phenoxy) is 1. The molecule has 3 heterocycles. The lowest BCUT2D eigenvalue weighted by atomic mass is 9.94. The van der Waals surface area contributed by atoms with E-state index < -0.39 is 5.97 Å². The van der Waals surface area contributed by atoms with Crippen LogP contribution in [0.4, 0.5) is 0 Å². The molecule has 1 aromatic rings. The molecule has 104 valence electrons. The van der Waals surface area contributed by atoms with Crippen molar-refractivity contribution < 1.29 is 13.9 Å². The van der Waals surface area contributed by atoms with Crippen LogP contribution in [0.25, 0.3) is 0 Å². The summed E-state index contributed by atoms with van der Waals surface area (Å²) in [6.45, 7) is 4.05. The first kappa shape index (κ1) is 12.7. The molecule has 2 aliphatic heterocycles. The molecule has 0 radical (unpaired) electrons. The fraction of sp³-hybridized carbons (Fsp3) is 0.643. The highest BCUT2D eigenvalue weighted by atomic mass is 16.5. The first-order valence-corrected chi connectivity index (χ1v) is 6.88. The number of rotatable bonds is 3. The van der Waals surface area contributed by atoms with E-state index >= 15 is 0 Å². The first-order valence-electron chi connectivity index (χ1n) is 6.88. The predicted molar refractivity (Wildman–Crippen MR) is 69.8 cm³/mol. The number of nitrogens with one attached hydrogen (secondary N) is 1. The van der Waals surface area contributed by atoms with Crippen molar-refractivity contribution >= 4 is 5.97 Å². The molecule has 2 fully saturated rings. The smallest absolute Gasteiger partial charge is 0.374 e. The average molecular weight is 264 g/mol. The van der Waals surface area contributed by atoms with Gasteiger partial charge in [0.1, 0.15) is 0 Å². The fourth-order valence-corrected chi connectivity index (χ4v) is 3.24. The molecule has 5 heteroatoms.